The first-order valence-corrected chi connectivity index (χ1v) is 5.00. The predicted octanol–water partition coefficient (Wildman–Crippen LogP) is 0.714. The molecule has 82 valence electrons. The van der Waals surface area contributed by atoms with Crippen LogP contribution in [0.4, 0.5) is 0 Å². The van der Waals surface area contributed by atoms with Crippen LogP contribution in [0.5, 0.6) is 0 Å². The van der Waals surface area contributed by atoms with Crippen LogP contribution in [0.3, 0.4) is 0 Å². The van der Waals surface area contributed by atoms with Crippen LogP contribution < -0.4 is 10.8 Å². The van der Waals surface area contributed by atoms with Gasteiger partial charge in [0.1, 0.15) is 0 Å². The molecule has 0 atom stereocenters. The summed E-state index contributed by atoms with van der Waals surface area (Å²) in [7, 11) is 0. The Kier molecular flexibility index (Phi) is 5.43. The minimum Gasteiger partial charge on any atom is -0.316 e. The van der Waals surface area contributed by atoms with E-state index in [1.165, 1.54) is 5.56 Å². The second kappa shape index (κ2) is 6.98. The van der Waals surface area contributed by atoms with Crippen molar-refractivity contribution in [1.82, 2.24) is 10.8 Å². The molecule has 0 heterocycles. The first-order valence-electron chi connectivity index (χ1n) is 5.00. The highest BCUT2D eigenvalue weighted by Gasteiger charge is 1.97. The van der Waals surface area contributed by atoms with Gasteiger partial charge in [0.2, 0.25) is 5.91 Å². The first-order chi connectivity index (χ1) is 7.33. The van der Waals surface area contributed by atoms with Gasteiger partial charge in [-0.3, -0.25) is 10.0 Å². The lowest BCUT2D eigenvalue weighted by Crippen LogP contribution is -2.26. The van der Waals surface area contributed by atoms with Gasteiger partial charge in [0.15, 0.2) is 0 Å². The number of rotatable bonds is 6. The second-order valence-electron chi connectivity index (χ2n) is 3.27. The van der Waals surface area contributed by atoms with Gasteiger partial charge in [0.05, 0.1) is 0 Å². The van der Waals surface area contributed by atoms with Crippen LogP contribution in [-0.4, -0.2) is 24.2 Å². The summed E-state index contributed by atoms with van der Waals surface area (Å²) in [5, 5.41) is 11.4. The van der Waals surface area contributed by atoms with E-state index >= 15 is 0 Å². The van der Waals surface area contributed by atoms with Crippen molar-refractivity contribution >= 4 is 5.91 Å². The highest BCUT2D eigenvalue weighted by molar-refractivity contribution is 5.74. The highest BCUT2D eigenvalue weighted by atomic mass is 16.5. The topological polar surface area (TPSA) is 61.4 Å². The maximum absolute atomic E-state index is 10.6. The third-order valence-electron chi connectivity index (χ3n) is 2.09. The number of benzene rings is 1. The number of amides is 1. The summed E-state index contributed by atoms with van der Waals surface area (Å²) < 4.78 is 0. The van der Waals surface area contributed by atoms with E-state index in [-0.39, 0.29) is 5.91 Å². The summed E-state index contributed by atoms with van der Waals surface area (Å²) >= 11 is 0. The van der Waals surface area contributed by atoms with Crippen molar-refractivity contribution in [1.29, 1.82) is 0 Å². The molecule has 0 radical (unpaired) electrons. The van der Waals surface area contributed by atoms with E-state index in [1.807, 2.05) is 18.2 Å². The molecule has 15 heavy (non-hydrogen) atoms. The Balaban J connectivity index is 2.05. The fourth-order valence-electron chi connectivity index (χ4n) is 1.26. The van der Waals surface area contributed by atoms with Crippen molar-refractivity contribution in [2.45, 2.75) is 12.8 Å². The van der Waals surface area contributed by atoms with Gasteiger partial charge in [-0.1, -0.05) is 30.3 Å². The van der Waals surface area contributed by atoms with Gasteiger partial charge in [0.25, 0.3) is 0 Å². The van der Waals surface area contributed by atoms with E-state index in [9.17, 15) is 4.79 Å². The molecule has 1 aromatic rings. The molecule has 0 fully saturated rings. The minimum atomic E-state index is -0.359. The zero-order chi connectivity index (χ0) is 10.9. The average molecular weight is 208 g/mol. The van der Waals surface area contributed by atoms with Gasteiger partial charge in [-0.15, -0.1) is 0 Å². The molecule has 3 N–H and O–H groups in total. The molecule has 0 bridgehead atoms. The van der Waals surface area contributed by atoms with Crippen LogP contribution >= 0.6 is 0 Å². The number of hydroxylamine groups is 1. The summed E-state index contributed by atoms with van der Waals surface area (Å²) in [5.41, 5.74) is 2.87. The Morgan fingerprint density at radius 2 is 1.93 bits per heavy atom. The molecule has 1 aromatic carbocycles. The lowest BCUT2D eigenvalue weighted by molar-refractivity contribution is -0.129. The molecule has 0 aliphatic rings. The molecule has 1 rings (SSSR count). The Bertz CT molecular complexity index is 288. The highest BCUT2D eigenvalue weighted by Crippen LogP contribution is 1.97. The summed E-state index contributed by atoms with van der Waals surface area (Å²) in [6, 6.07) is 10.1. The van der Waals surface area contributed by atoms with Gasteiger partial charge in [-0.25, -0.2) is 5.48 Å². The molecular weight excluding hydrogens is 192 g/mol. The SMILES string of the molecule is O=C(CCNCCc1ccccc1)NO. The van der Waals surface area contributed by atoms with E-state index in [4.69, 9.17) is 5.21 Å². The second-order valence-corrected chi connectivity index (χ2v) is 3.27. The van der Waals surface area contributed by atoms with Crippen LogP contribution in [0, 0.1) is 0 Å². The van der Waals surface area contributed by atoms with Crippen molar-refractivity contribution in [3.05, 3.63) is 35.9 Å². The Hall–Kier alpha value is -1.39. The third-order valence-corrected chi connectivity index (χ3v) is 2.09. The fourth-order valence-corrected chi connectivity index (χ4v) is 1.26. The summed E-state index contributed by atoms with van der Waals surface area (Å²) in [6.07, 6.45) is 1.24. The molecule has 0 saturated carbocycles. The van der Waals surface area contributed by atoms with Crippen molar-refractivity contribution in [2.75, 3.05) is 13.1 Å². The average Bonchev–Trinajstić information content (AvgIpc) is 2.29. The largest absolute Gasteiger partial charge is 0.316 e. The van der Waals surface area contributed by atoms with Crippen molar-refractivity contribution < 1.29 is 10.0 Å². The third kappa shape index (κ3) is 5.15. The molecule has 0 spiro atoms. The predicted molar refractivity (Wildman–Crippen MR) is 57.6 cm³/mol. The maximum Gasteiger partial charge on any atom is 0.244 e. The lowest BCUT2D eigenvalue weighted by Gasteiger charge is -2.03. The fraction of sp³-hybridized carbons (Fsp3) is 0.364. The van der Waals surface area contributed by atoms with Gasteiger partial charge >= 0.3 is 0 Å². The molecule has 4 nitrogen and oxygen atoms in total. The van der Waals surface area contributed by atoms with Crippen LogP contribution in [0.15, 0.2) is 30.3 Å². The van der Waals surface area contributed by atoms with Crippen molar-refractivity contribution in [3.8, 4) is 0 Å². The zero-order valence-corrected chi connectivity index (χ0v) is 8.57. The molecule has 0 saturated heterocycles. The van der Waals surface area contributed by atoms with Crippen molar-refractivity contribution in [3.63, 3.8) is 0 Å². The molecule has 0 aliphatic heterocycles. The van der Waals surface area contributed by atoms with Crippen LogP contribution in [-0.2, 0) is 11.2 Å². The smallest absolute Gasteiger partial charge is 0.244 e. The maximum atomic E-state index is 10.6. The monoisotopic (exact) mass is 208 g/mol. The first kappa shape index (κ1) is 11.7. The summed E-state index contributed by atoms with van der Waals surface area (Å²) in [4.78, 5) is 10.6. The van der Waals surface area contributed by atoms with E-state index in [0.29, 0.717) is 13.0 Å². The van der Waals surface area contributed by atoms with E-state index in [0.717, 1.165) is 13.0 Å². The molecule has 1 amide bonds. The van der Waals surface area contributed by atoms with E-state index in [1.54, 1.807) is 5.48 Å². The Morgan fingerprint density at radius 3 is 2.60 bits per heavy atom. The molecule has 0 aromatic heterocycles. The van der Waals surface area contributed by atoms with Crippen molar-refractivity contribution in [2.24, 2.45) is 0 Å². The number of carbonyl (C=O) groups excluding carboxylic acids is 1. The van der Waals surface area contributed by atoms with Gasteiger partial charge in [-0.05, 0) is 18.5 Å². The number of nitrogens with one attached hydrogen (secondary N) is 2. The molecular formula is C11H16N2O2. The Morgan fingerprint density at radius 1 is 1.20 bits per heavy atom. The minimum absolute atomic E-state index is 0.297. The normalized spacial score (nSPS) is 9.93. The van der Waals surface area contributed by atoms with Crippen LogP contribution in [0.25, 0.3) is 0 Å². The van der Waals surface area contributed by atoms with E-state index < -0.39 is 0 Å². The number of carbonyl (C=O) groups is 1. The number of hydrogen-bond acceptors (Lipinski definition) is 3. The number of hydrogen-bond donors (Lipinski definition) is 3. The standard InChI is InChI=1S/C11H16N2O2/c14-11(13-15)7-9-12-8-6-10-4-2-1-3-5-10/h1-5,12,15H,6-9H2,(H,13,14). The lowest BCUT2D eigenvalue weighted by atomic mass is 10.1. The summed E-state index contributed by atoms with van der Waals surface area (Å²) in [6.45, 7) is 1.42. The molecule has 0 aliphatic carbocycles. The van der Waals surface area contributed by atoms with Gasteiger partial charge in [-0.2, -0.15) is 0 Å². The summed E-state index contributed by atoms with van der Waals surface area (Å²) in [5.74, 6) is -0.359. The van der Waals surface area contributed by atoms with E-state index in [2.05, 4.69) is 17.4 Å². The van der Waals surface area contributed by atoms with Gasteiger partial charge < -0.3 is 5.32 Å². The van der Waals surface area contributed by atoms with Gasteiger partial charge in [0, 0.05) is 13.0 Å². The molecule has 4 heteroatoms. The Labute approximate surface area is 89.3 Å². The van der Waals surface area contributed by atoms with Crippen LogP contribution in [0.1, 0.15) is 12.0 Å². The molecule has 0 unspecified atom stereocenters. The van der Waals surface area contributed by atoms with Crippen LogP contribution in [0.2, 0.25) is 0 Å². The quantitative estimate of drug-likeness (QED) is 0.366. The zero-order valence-electron chi connectivity index (χ0n) is 8.57.